The van der Waals surface area contributed by atoms with Gasteiger partial charge in [-0.15, -0.1) is 0 Å². The normalized spacial score (nSPS) is 22.3. The third kappa shape index (κ3) is 3.18. The number of halogens is 2. The van der Waals surface area contributed by atoms with Crippen LogP contribution < -0.4 is 5.32 Å². The van der Waals surface area contributed by atoms with E-state index >= 15 is 0 Å². The molecule has 2 unspecified atom stereocenters. The van der Waals surface area contributed by atoms with Crippen molar-refractivity contribution in [2.24, 2.45) is 5.92 Å². The second kappa shape index (κ2) is 6.25. The number of hydrogen-bond acceptors (Lipinski definition) is 2. The molecule has 0 saturated carbocycles. The van der Waals surface area contributed by atoms with Crippen LogP contribution in [-0.2, 0) is 0 Å². The highest BCUT2D eigenvalue weighted by molar-refractivity contribution is 6.42. The van der Waals surface area contributed by atoms with E-state index in [9.17, 15) is 0 Å². The topological polar surface area (TPSA) is 15.3 Å². The number of benzene rings is 1. The summed E-state index contributed by atoms with van der Waals surface area (Å²) in [7, 11) is 2.02. The lowest BCUT2D eigenvalue weighted by Crippen LogP contribution is -2.27. The molecule has 1 heterocycles. The summed E-state index contributed by atoms with van der Waals surface area (Å²) in [6, 6.07) is 6.35. The van der Waals surface area contributed by atoms with E-state index in [1.54, 1.807) is 0 Å². The Morgan fingerprint density at radius 3 is 2.83 bits per heavy atom. The molecular weight excluding hydrogens is 267 g/mol. The third-order valence-electron chi connectivity index (χ3n) is 3.78. The molecule has 1 aliphatic rings. The van der Waals surface area contributed by atoms with E-state index in [0.29, 0.717) is 16.1 Å². The molecule has 1 N–H and O–H groups in total. The van der Waals surface area contributed by atoms with E-state index in [1.165, 1.54) is 12.0 Å². The molecule has 100 valence electrons. The van der Waals surface area contributed by atoms with Gasteiger partial charge in [0.1, 0.15) is 0 Å². The zero-order valence-corrected chi connectivity index (χ0v) is 12.4. The second-order valence-corrected chi connectivity index (χ2v) is 5.87. The predicted molar refractivity (Wildman–Crippen MR) is 78.5 cm³/mol. The van der Waals surface area contributed by atoms with Crippen molar-refractivity contribution in [3.63, 3.8) is 0 Å². The lowest BCUT2D eigenvalue weighted by atomic mass is 10.1. The molecular formula is C14H20Cl2N2. The minimum absolute atomic E-state index is 0.404. The summed E-state index contributed by atoms with van der Waals surface area (Å²) in [4.78, 5) is 2.52. The van der Waals surface area contributed by atoms with Crippen LogP contribution in [0.3, 0.4) is 0 Å². The first-order chi connectivity index (χ1) is 8.61. The van der Waals surface area contributed by atoms with Crippen molar-refractivity contribution in [1.29, 1.82) is 0 Å². The lowest BCUT2D eigenvalue weighted by Gasteiger charge is -2.25. The number of nitrogens with one attached hydrogen (secondary N) is 1. The standard InChI is InChI=1S/C14H20Cl2N2/c1-10(12-3-4-13(15)14(16)7-12)18-6-5-11(9-18)8-17-2/h3-4,7,10-11,17H,5-6,8-9H2,1-2H3. The molecule has 1 aromatic rings. The van der Waals surface area contributed by atoms with Crippen LogP contribution in [0.15, 0.2) is 18.2 Å². The van der Waals surface area contributed by atoms with Gasteiger partial charge in [-0.2, -0.15) is 0 Å². The fourth-order valence-corrected chi connectivity index (χ4v) is 2.96. The summed E-state index contributed by atoms with van der Waals surface area (Å²) < 4.78 is 0. The Bertz CT molecular complexity index is 409. The molecule has 1 fully saturated rings. The van der Waals surface area contributed by atoms with Crippen LogP contribution in [0.4, 0.5) is 0 Å². The van der Waals surface area contributed by atoms with Crippen LogP contribution in [-0.4, -0.2) is 31.6 Å². The Labute approximate surface area is 119 Å². The van der Waals surface area contributed by atoms with E-state index in [2.05, 4.69) is 23.2 Å². The van der Waals surface area contributed by atoms with Gasteiger partial charge >= 0.3 is 0 Å². The maximum Gasteiger partial charge on any atom is 0.0595 e. The first-order valence-electron chi connectivity index (χ1n) is 6.45. The summed E-state index contributed by atoms with van der Waals surface area (Å²) in [5.74, 6) is 0.764. The van der Waals surface area contributed by atoms with Crippen molar-refractivity contribution in [2.75, 3.05) is 26.7 Å². The van der Waals surface area contributed by atoms with Gasteiger partial charge in [-0.25, -0.2) is 0 Å². The average Bonchev–Trinajstić information content (AvgIpc) is 2.81. The molecule has 2 atom stereocenters. The highest BCUT2D eigenvalue weighted by atomic mass is 35.5. The second-order valence-electron chi connectivity index (χ2n) is 5.06. The zero-order valence-electron chi connectivity index (χ0n) is 10.9. The van der Waals surface area contributed by atoms with Crippen molar-refractivity contribution in [3.05, 3.63) is 33.8 Å². The lowest BCUT2D eigenvalue weighted by molar-refractivity contribution is 0.252. The molecule has 0 aliphatic carbocycles. The molecule has 0 aromatic heterocycles. The zero-order chi connectivity index (χ0) is 13.1. The van der Waals surface area contributed by atoms with Crippen molar-refractivity contribution in [3.8, 4) is 0 Å². The van der Waals surface area contributed by atoms with Gasteiger partial charge in [0.25, 0.3) is 0 Å². The van der Waals surface area contributed by atoms with Crippen molar-refractivity contribution in [2.45, 2.75) is 19.4 Å². The fraction of sp³-hybridized carbons (Fsp3) is 0.571. The minimum atomic E-state index is 0.404. The van der Waals surface area contributed by atoms with Crippen LogP contribution >= 0.6 is 23.2 Å². The Kier molecular flexibility index (Phi) is 4.91. The monoisotopic (exact) mass is 286 g/mol. The van der Waals surface area contributed by atoms with Crippen molar-refractivity contribution < 1.29 is 0 Å². The van der Waals surface area contributed by atoms with E-state index in [1.807, 2.05) is 19.2 Å². The Hall–Kier alpha value is -0.280. The largest absolute Gasteiger partial charge is 0.319 e. The first kappa shape index (κ1) is 14.1. The molecule has 0 bridgehead atoms. The maximum atomic E-state index is 6.08. The quantitative estimate of drug-likeness (QED) is 0.910. The molecule has 0 radical (unpaired) electrons. The number of hydrogen-bond donors (Lipinski definition) is 1. The van der Waals surface area contributed by atoms with Gasteiger partial charge < -0.3 is 5.32 Å². The molecule has 1 aromatic carbocycles. The van der Waals surface area contributed by atoms with Gasteiger partial charge in [-0.3, -0.25) is 4.90 Å². The van der Waals surface area contributed by atoms with Gasteiger partial charge in [-0.05, 0) is 57.1 Å². The van der Waals surface area contributed by atoms with E-state index in [0.717, 1.165) is 25.6 Å². The Morgan fingerprint density at radius 2 is 2.17 bits per heavy atom. The molecule has 1 saturated heterocycles. The smallest absolute Gasteiger partial charge is 0.0595 e. The number of rotatable bonds is 4. The maximum absolute atomic E-state index is 6.08. The fourth-order valence-electron chi connectivity index (χ4n) is 2.65. The summed E-state index contributed by atoms with van der Waals surface area (Å²) in [5, 5.41) is 4.53. The van der Waals surface area contributed by atoms with Crippen LogP contribution in [0, 0.1) is 5.92 Å². The predicted octanol–water partition coefficient (Wildman–Crippen LogP) is 3.60. The van der Waals surface area contributed by atoms with Gasteiger partial charge in [0.15, 0.2) is 0 Å². The Morgan fingerprint density at radius 1 is 1.39 bits per heavy atom. The summed E-state index contributed by atoms with van der Waals surface area (Å²) in [6.45, 7) is 5.65. The van der Waals surface area contributed by atoms with Gasteiger partial charge in [0.05, 0.1) is 10.0 Å². The molecule has 18 heavy (non-hydrogen) atoms. The van der Waals surface area contributed by atoms with Crippen molar-refractivity contribution >= 4 is 23.2 Å². The van der Waals surface area contributed by atoms with Gasteiger partial charge in [0, 0.05) is 12.6 Å². The van der Waals surface area contributed by atoms with Crippen LogP contribution in [0.2, 0.25) is 10.0 Å². The third-order valence-corrected chi connectivity index (χ3v) is 4.52. The molecule has 4 heteroatoms. The highest BCUT2D eigenvalue weighted by Gasteiger charge is 2.26. The molecule has 0 spiro atoms. The molecule has 0 amide bonds. The van der Waals surface area contributed by atoms with E-state index in [-0.39, 0.29) is 0 Å². The summed E-state index contributed by atoms with van der Waals surface area (Å²) in [5.41, 5.74) is 1.24. The van der Waals surface area contributed by atoms with Crippen LogP contribution in [0.1, 0.15) is 24.9 Å². The van der Waals surface area contributed by atoms with Crippen LogP contribution in [0.25, 0.3) is 0 Å². The minimum Gasteiger partial charge on any atom is -0.319 e. The molecule has 1 aliphatic heterocycles. The molecule has 2 rings (SSSR count). The van der Waals surface area contributed by atoms with Crippen LogP contribution in [0.5, 0.6) is 0 Å². The summed E-state index contributed by atoms with van der Waals surface area (Å²) >= 11 is 12.0. The SMILES string of the molecule is CNCC1CCN(C(C)c2ccc(Cl)c(Cl)c2)C1. The summed E-state index contributed by atoms with van der Waals surface area (Å²) in [6.07, 6.45) is 1.27. The van der Waals surface area contributed by atoms with Gasteiger partial charge in [0.2, 0.25) is 0 Å². The van der Waals surface area contributed by atoms with E-state index in [4.69, 9.17) is 23.2 Å². The first-order valence-corrected chi connectivity index (χ1v) is 7.21. The van der Waals surface area contributed by atoms with Gasteiger partial charge in [-0.1, -0.05) is 29.3 Å². The number of nitrogens with zero attached hydrogens (tertiary/aromatic N) is 1. The molecule has 2 nitrogen and oxygen atoms in total. The van der Waals surface area contributed by atoms with Crippen molar-refractivity contribution in [1.82, 2.24) is 10.2 Å². The average molecular weight is 287 g/mol. The number of likely N-dealkylation sites (tertiary alicyclic amines) is 1. The van der Waals surface area contributed by atoms with E-state index < -0.39 is 0 Å². The Balaban J connectivity index is 2.03. The highest BCUT2D eigenvalue weighted by Crippen LogP contribution is 2.31.